The Morgan fingerprint density at radius 1 is 1.04 bits per heavy atom. The van der Waals surface area contributed by atoms with Crippen molar-refractivity contribution in [1.82, 2.24) is 15.2 Å². The number of hydrogen-bond acceptors (Lipinski definition) is 7. The molecule has 0 saturated carbocycles. The highest BCUT2D eigenvalue weighted by Gasteiger charge is 2.12. The molecule has 0 spiro atoms. The summed E-state index contributed by atoms with van der Waals surface area (Å²) in [5.41, 5.74) is 5.35. The molecule has 1 N–H and O–H groups in total. The molecule has 7 nitrogen and oxygen atoms in total. The Kier molecular flexibility index (Phi) is 3.73. The monoisotopic (exact) mass is 319 g/mol. The molecule has 2 heterocycles. The van der Waals surface area contributed by atoms with Gasteiger partial charge in [-0.25, -0.2) is 10.4 Å². The maximum atomic E-state index is 5.33. The SMILES string of the molecule is C(=N/Nc1nncc(-c2ccccc2)n1)/c1ccc2c(c1)OCO2. The van der Waals surface area contributed by atoms with Gasteiger partial charge in [0.1, 0.15) is 0 Å². The van der Waals surface area contributed by atoms with E-state index in [0.29, 0.717) is 11.7 Å². The molecule has 0 atom stereocenters. The minimum absolute atomic E-state index is 0.250. The Morgan fingerprint density at radius 2 is 1.92 bits per heavy atom. The predicted octanol–water partition coefficient (Wildman–Crippen LogP) is 2.71. The summed E-state index contributed by atoms with van der Waals surface area (Å²) in [5, 5.41) is 12.0. The molecule has 0 radical (unpaired) electrons. The van der Waals surface area contributed by atoms with Crippen LogP contribution in [-0.4, -0.2) is 28.2 Å². The second kappa shape index (κ2) is 6.33. The number of anilines is 1. The fraction of sp³-hybridized carbons (Fsp3) is 0.0588. The van der Waals surface area contributed by atoms with E-state index in [9.17, 15) is 0 Å². The van der Waals surface area contributed by atoms with Gasteiger partial charge in [-0.1, -0.05) is 30.3 Å². The lowest BCUT2D eigenvalue weighted by Crippen LogP contribution is -1.99. The van der Waals surface area contributed by atoms with Crippen molar-refractivity contribution < 1.29 is 9.47 Å². The van der Waals surface area contributed by atoms with E-state index >= 15 is 0 Å². The van der Waals surface area contributed by atoms with E-state index < -0.39 is 0 Å². The first kappa shape index (κ1) is 14.1. The van der Waals surface area contributed by atoms with E-state index in [2.05, 4.69) is 25.7 Å². The third-order valence-electron chi connectivity index (χ3n) is 3.40. The van der Waals surface area contributed by atoms with Crippen LogP contribution in [-0.2, 0) is 0 Å². The first-order valence-corrected chi connectivity index (χ1v) is 7.32. The summed E-state index contributed by atoms with van der Waals surface area (Å²) >= 11 is 0. The van der Waals surface area contributed by atoms with E-state index in [0.717, 1.165) is 22.6 Å². The molecule has 118 valence electrons. The first-order chi connectivity index (χ1) is 11.9. The molecule has 1 aromatic heterocycles. The van der Waals surface area contributed by atoms with Gasteiger partial charge in [0.05, 0.1) is 18.1 Å². The van der Waals surface area contributed by atoms with Crippen molar-refractivity contribution in [2.75, 3.05) is 12.2 Å². The molecule has 0 saturated heterocycles. The van der Waals surface area contributed by atoms with Gasteiger partial charge in [-0.2, -0.15) is 10.2 Å². The molecule has 0 amide bonds. The van der Waals surface area contributed by atoms with Crippen LogP contribution in [0.25, 0.3) is 11.3 Å². The maximum Gasteiger partial charge on any atom is 0.263 e. The summed E-state index contributed by atoms with van der Waals surface area (Å²) < 4.78 is 10.6. The zero-order valence-electron chi connectivity index (χ0n) is 12.6. The number of rotatable bonds is 4. The highest BCUT2D eigenvalue weighted by Crippen LogP contribution is 2.31. The van der Waals surface area contributed by atoms with Gasteiger partial charge in [0.15, 0.2) is 11.5 Å². The van der Waals surface area contributed by atoms with Crippen LogP contribution in [0.4, 0.5) is 5.95 Å². The molecular formula is C17H13N5O2. The minimum Gasteiger partial charge on any atom is -0.454 e. The average Bonchev–Trinajstić information content (AvgIpc) is 3.11. The fourth-order valence-corrected chi connectivity index (χ4v) is 2.26. The quantitative estimate of drug-likeness (QED) is 0.588. The molecule has 2 aromatic carbocycles. The molecule has 0 aliphatic carbocycles. The van der Waals surface area contributed by atoms with E-state index in [1.54, 1.807) is 12.4 Å². The van der Waals surface area contributed by atoms with Crippen molar-refractivity contribution in [3.63, 3.8) is 0 Å². The largest absolute Gasteiger partial charge is 0.454 e. The summed E-state index contributed by atoms with van der Waals surface area (Å²) in [5.74, 6) is 1.78. The average molecular weight is 319 g/mol. The predicted molar refractivity (Wildman–Crippen MR) is 89.0 cm³/mol. The summed E-state index contributed by atoms with van der Waals surface area (Å²) in [6.45, 7) is 0.250. The van der Waals surface area contributed by atoms with Crippen LogP contribution in [0.1, 0.15) is 5.56 Å². The summed E-state index contributed by atoms with van der Waals surface area (Å²) in [6.07, 6.45) is 3.27. The molecule has 1 aliphatic heterocycles. The van der Waals surface area contributed by atoms with Crippen LogP contribution < -0.4 is 14.9 Å². The number of fused-ring (bicyclic) bond motifs is 1. The molecule has 4 rings (SSSR count). The zero-order chi connectivity index (χ0) is 16.2. The number of aromatic nitrogens is 3. The Balaban J connectivity index is 1.48. The first-order valence-electron chi connectivity index (χ1n) is 7.32. The van der Waals surface area contributed by atoms with Gasteiger partial charge >= 0.3 is 0 Å². The van der Waals surface area contributed by atoms with E-state index in [1.165, 1.54) is 0 Å². The van der Waals surface area contributed by atoms with Crippen molar-refractivity contribution in [3.05, 3.63) is 60.3 Å². The van der Waals surface area contributed by atoms with Crippen molar-refractivity contribution in [1.29, 1.82) is 0 Å². The van der Waals surface area contributed by atoms with Crippen molar-refractivity contribution in [3.8, 4) is 22.8 Å². The van der Waals surface area contributed by atoms with Gasteiger partial charge in [0.25, 0.3) is 5.95 Å². The second-order valence-electron chi connectivity index (χ2n) is 5.01. The van der Waals surface area contributed by atoms with Gasteiger partial charge in [-0.3, -0.25) is 0 Å². The topological polar surface area (TPSA) is 81.5 Å². The molecule has 0 bridgehead atoms. The maximum absolute atomic E-state index is 5.33. The van der Waals surface area contributed by atoms with Crippen LogP contribution in [0.5, 0.6) is 11.5 Å². The molecular weight excluding hydrogens is 306 g/mol. The van der Waals surface area contributed by atoms with Crippen molar-refractivity contribution >= 4 is 12.2 Å². The number of ether oxygens (including phenoxy) is 2. The summed E-state index contributed by atoms with van der Waals surface area (Å²) in [6, 6.07) is 15.4. The van der Waals surface area contributed by atoms with Gasteiger partial charge in [0, 0.05) is 5.56 Å². The third kappa shape index (κ3) is 3.00. The van der Waals surface area contributed by atoms with E-state index in [1.807, 2.05) is 48.5 Å². The Morgan fingerprint density at radius 3 is 2.83 bits per heavy atom. The van der Waals surface area contributed by atoms with Crippen LogP contribution >= 0.6 is 0 Å². The standard InChI is InChI=1S/C17H13N5O2/c1-2-4-13(5-3-1)14-10-19-22-17(20-14)21-18-9-12-6-7-15-16(8-12)24-11-23-15/h1-10H,11H2,(H,20,21,22)/b18-9-. The lowest BCUT2D eigenvalue weighted by molar-refractivity contribution is 0.174. The second-order valence-corrected chi connectivity index (χ2v) is 5.01. The van der Waals surface area contributed by atoms with Gasteiger partial charge in [0.2, 0.25) is 6.79 Å². The number of nitrogens with one attached hydrogen (secondary N) is 1. The highest BCUT2D eigenvalue weighted by molar-refractivity contribution is 5.81. The zero-order valence-corrected chi connectivity index (χ0v) is 12.6. The molecule has 0 fully saturated rings. The van der Waals surface area contributed by atoms with Crippen LogP contribution in [0.15, 0.2) is 59.8 Å². The van der Waals surface area contributed by atoms with E-state index in [-0.39, 0.29) is 6.79 Å². The highest BCUT2D eigenvalue weighted by atomic mass is 16.7. The molecule has 1 aliphatic rings. The Labute approximate surface area is 138 Å². The number of nitrogens with zero attached hydrogens (tertiary/aromatic N) is 4. The van der Waals surface area contributed by atoms with Crippen LogP contribution in [0, 0.1) is 0 Å². The van der Waals surface area contributed by atoms with Crippen LogP contribution in [0.3, 0.4) is 0 Å². The van der Waals surface area contributed by atoms with Gasteiger partial charge in [-0.05, 0) is 23.8 Å². The fourth-order valence-electron chi connectivity index (χ4n) is 2.26. The lowest BCUT2D eigenvalue weighted by Gasteiger charge is -2.02. The Bertz CT molecular complexity index is 883. The molecule has 0 unspecified atom stereocenters. The number of benzene rings is 2. The normalized spacial score (nSPS) is 12.5. The molecule has 3 aromatic rings. The number of hydrazone groups is 1. The number of hydrogen-bond donors (Lipinski definition) is 1. The summed E-state index contributed by atoms with van der Waals surface area (Å²) in [7, 11) is 0. The Hall–Kier alpha value is -3.48. The van der Waals surface area contributed by atoms with Crippen LogP contribution in [0.2, 0.25) is 0 Å². The third-order valence-corrected chi connectivity index (χ3v) is 3.40. The van der Waals surface area contributed by atoms with Crippen molar-refractivity contribution in [2.45, 2.75) is 0 Å². The minimum atomic E-state index is 0.250. The molecule has 24 heavy (non-hydrogen) atoms. The van der Waals surface area contributed by atoms with Crippen molar-refractivity contribution in [2.24, 2.45) is 5.10 Å². The van der Waals surface area contributed by atoms with Gasteiger partial charge in [-0.15, -0.1) is 5.10 Å². The lowest BCUT2D eigenvalue weighted by atomic mass is 10.2. The smallest absolute Gasteiger partial charge is 0.263 e. The van der Waals surface area contributed by atoms with Gasteiger partial charge < -0.3 is 9.47 Å². The molecule has 7 heteroatoms. The summed E-state index contributed by atoms with van der Waals surface area (Å²) in [4.78, 5) is 4.39. The van der Waals surface area contributed by atoms with E-state index in [4.69, 9.17) is 9.47 Å².